The van der Waals surface area contributed by atoms with Crippen LogP contribution in [0.3, 0.4) is 0 Å². The number of carbonyl (C=O) groups is 1. The zero-order valence-electron chi connectivity index (χ0n) is 11.2. The van der Waals surface area contributed by atoms with Crippen LogP contribution < -0.4 is 0 Å². The second-order valence-electron chi connectivity index (χ2n) is 4.73. The summed E-state index contributed by atoms with van der Waals surface area (Å²) in [5.41, 5.74) is 2.14. The van der Waals surface area contributed by atoms with E-state index >= 15 is 0 Å². The Morgan fingerprint density at radius 3 is 2.90 bits per heavy atom. The van der Waals surface area contributed by atoms with Crippen LogP contribution in [0.2, 0.25) is 0 Å². The fraction of sp³-hybridized carbons (Fsp3) is 0.333. The molecule has 102 valence electrons. The van der Waals surface area contributed by atoms with Crippen LogP contribution >= 0.6 is 0 Å². The van der Waals surface area contributed by atoms with E-state index in [0.29, 0.717) is 23.9 Å². The number of aromatic nitrogens is 3. The van der Waals surface area contributed by atoms with Crippen LogP contribution in [0.1, 0.15) is 41.7 Å². The maximum Gasteiger partial charge on any atom is 0.341 e. The molecule has 1 aliphatic carbocycles. The molecule has 1 aliphatic rings. The molecule has 20 heavy (non-hydrogen) atoms. The average Bonchev–Trinajstić information content (AvgIpc) is 3.32. The summed E-state index contributed by atoms with van der Waals surface area (Å²) < 4.78 is 5.06. The molecule has 0 aliphatic heterocycles. The van der Waals surface area contributed by atoms with Gasteiger partial charge in [0.2, 0.25) is 0 Å². The largest absolute Gasteiger partial charge is 0.462 e. The van der Waals surface area contributed by atoms with Gasteiger partial charge in [0.15, 0.2) is 5.82 Å². The zero-order valence-corrected chi connectivity index (χ0v) is 11.2. The number of carbonyl (C=O) groups excluding carboxylic acids is 1. The number of pyridine rings is 1. The summed E-state index contributed by atoms with van der Waals surface area (Å²) in [5.74, 6) is 0.619. The Morgan fingerprint density at radius 2 is 2.25 bits per heavy atom. The van der Waals surface area contributed by atoms with E-state index in [1.54, 1.807) is 25.5 Å². The van der Waals surface area contributed by atoms with Crippen molar-refractivity contribution in [2.45, 2.75) is 25.7 Å². The third kappa shape index (κ3) is 2.52. The summed E-state index contributed by atoms with van der Waals surface area (Å²) in [6.07, 6.45) is 7.13. The van der Waals surface area contributed by atoms with Gasteiger partial charge in [-0.2, -0.15) is 0 Å². The Kier molecular flexibility index (Phi) is 3.41. The highest BCUT2D eigenvalue weighted by Gasteiger charge is 2.31. The van der Waals surface area contributed by atoms with Crippen molar-refractivity contribution in [3.8, 4) is 11.4 Å². The van der Waals surface area contributed by atoms with Crippen molar-refractivity contribution in [3.63, 3.8) is 0 Å². The van der Waals surface area contributed by atoms with E-state index in [-0.39, 0.29) is 5.97 Å². The summed E-state index contributed by atoms with van der Waals surface area (Å²) in [4.78, 5) is 24.8. The van der Waals surface area contributed by atoms with Crippen LogP contribution in [-0.4, -0.2) is 27.5 Å². The monoisotopic (exact) mass is 269 g/mol. The lowest BCUT2D eigenvalue weighted by molar-refractivity contribution is 0.0524. The van der Waals surface area contributed by atoms with Gasteiger partial charge in [-0.15, -0.1) is 0 Å². The van der Waals surface area contributed by atoms with Crippen molar-refractivity contribution in [2.75, 3.05) is 6.61 Å². The van der Waals surface area contributed by atoms with E-state index in [1.807, 2.05) is 12.1 Å². The number of hydrogen-bond acceptors (Lipinski definition) is 5. The molecule has 2 aromatic heterocycles. The fourth-order valence-corrected chi connectivity index (χ4v) is 2.06. The van der Waals surface area contributed by atoms with E-state index in [2.05, 4.69) is 15.0 Å². The number of esters is 1. The van der Waals surface area contributed by atoms with Gasteiger partial charge in [0, 0.05) is 30.1 Å². The Balaban J connectivity index is 2.00. The zero-order chi connectivity index (χ0) is 13.9. The summed E-state index contributed by atoms with van der Waals surface area (Å²) in [6.45, 7) is 2.15. The van der Waals surface area contributed by atoms with Gasteiger partial charge in [0.25, 0.3) is 0 Å². The second-order valence-corrected chi connectivity index (χ2v) is 4.73. The second kappa shape index (κ2) is 5.36. The first-order valence-electron chi connectivity index (χ1n) is 6.74. The normalized spacial score (nSPS) is 14.1. The minimum Gasteiger partial charge on any atom is -0.462 e. The van der Waals surface area contributed by atoms with Gasteiger partial charge < -0.3 is 4.74 Å². The van der Waals surface area contributed by atoms with Crippen LogP contribution in [-0.2, 0) is 4.74 Å². The van der Waals surface area contributed by atoms with E-state index in [1.165, 1.54) is 0 Å². The van der Waals surface area contributed by atoms with Crippen molar-refractivity contribution in [1.29, 1.82) is 0 Å². The van der Waals surface area contributed by atoms with E-state index in [9.17, 15) is 4.79 Å². The van der Waals surface area contributed by atoms with Crippen molar-refractivity contribution >= 4 is 5.97 Å². The number of nitrogens with zero attached hydrogens (tertiary/aromatic N) is 3. The highest BCUT2D eigenvalue weighted by atomic mass is 16.5. The minimum atomic E-state index is -0.341. The maximum atomic E-state index is 11.9. The third-order valence-electron chi connectivity index (χ3n) is 3.20. The smallest absolute Gasteiger partial charge is 0.341 e. The van der Waals surface area contributed by atoms with Crippen molar-refractivity contribution < 1.29 is 9.53 Å². The minimum absolute atomic E-state index is 0.341. The Morgan fingerprint density at radius 1 is 1.40 bits per heavy atom. The predicted molar refractivity (Wildman–Crippen MR) is 73.2 cm³/mol. The van der Waals surface area contributed by atoms with E-state index in [4.69, 9.17) is 4.74 Å². The lowest BCUT2D eigenvalue weighted by Crippen LogP contribution is -2.11. The molecule has 0 amide bonds. The lowest BCUT2D eigenvalue weighted by atomic mass is 10.1. The molecule has 0 aromatic carbocycles. The summed E-state index contributed by atoms with van der Waals surface area (Å²) in [7, 11) is 0. The van der Waals surface area contributed by atoms with Crippen LogP contribution in [0.25, 0.3) is 11.4 Å². The summed E-state index contributed by atoms with van der Waals surface area (Å²) in [6, 6.07) is 3.75. The first-order chi connectivity index (χ1) is 9.79. The first-order valence-corrected chi connectivity index (χ1v) is 6.74. The van der Waals surface area contributed by atoms with Crippen molar-refractivity contribution in [3.05, 3.63) is 42.0 Å². The molecule has 5 heteroatoms. The molecular weight excluding hydrogens is 254 g/mol. The van der Waals surface area contributed by atoms with Gasteiger partial charge in [-0.25, -0.2) is 14.8 Å². The highest BCUT2D eigenvalue weighted by molar-refractivity contribution is 5.90. The van der Waals surface area contributed by atoms with Crippen LogP contribution in [0, 0.1) is 0 Å². The number of ether oxygens (including phenoxy) is 1. The third-order valence-corrected chi connectivity index (χ3v) is 3.20. The maximum absolute atomic E-state index is 11.9. The summed E-state index contributed by atoms with van der Waals surface area (Å²) in [5, 5.41) is 0. The molecule has 3 rings (SSSR count). The Bertz CT molecular complexity index is 624. The molecule has 2 aromatic rings. The predicted octanol–water partition coefficient (Wildman–Crippen LogP) is 2.59. The molecular formula is C15H15N3O2. The van der Waals surface area contributed by atoms with E-state index < -0.39 is 0 Å². The van der Waals surface area contributed by atoms with Crippen LogP contribution in [0.5, 0.6) is 0 Å². The van der Waals surface area contributed by atoms with Crippen LogP contribution in [0.4, 0.5) is 0 Å². The summed E-state index contributed by atoms with van der Waals surface area (Å²) >= 11 is 0. The molecule has 1 saturated carbocycles. The highest BCUT2D eigenvalue weighted by Crippen LogP contribution is 2.41. The molecule has 0 saturated heterocycles. The van der Waals surface area contributed by atoms with Crippen molar-refractivity contribution in [1.82, 2.24) is 15.0 Å². The standard InChI is InChI=1S/C15H15N3O2/c1-2-20-15(19)12-9-17-14(11-4-3-7-16-8-11)18-13(12)10-5-6-10/h3-4,7-10H,2,5-6H2,1H3. The lowest BCUT2D eigenvalue weighted by Gasteiger charge is -2.08. The average molecular weight is 269 g/mol. The molecule has 0 bridgehead atoms. The molecule has 2 heterocycles. The molecule has 0 atom stereocenters. The molecule has 5 nitrogen and oxygen atoms in total. The SMILES string of the molecule is CCOC(=O)c1cnc(-c2cccnc2)nc1C1CC1. The Labute approximate surface area is 117 Å². The van der Waals surface area contributed by atoms with Gasteiger partial charge in [-0.05, 0) is 31.9 Å². The Hall–Kier alpha value is -2.30. The van der Waals surface area contributed by atoms with Gasteiger partial charge in [-0.1, -0.05) is 0 Å². The van der Waals surface area contributed by atoms with Gasteiger partial charge in [-0.3, -0.25) is 4.98 Å². The number of hydrogen-bond donors (Lipinski definition) is 0. The topological polar surface area (TPSA) is 65.0 Å². The first kappa shape index (κ1) is 12.7. The van der Waals surface area contributed by atoms with Crippen molar-refractivity contribution in [2.24, 2.45) is 0 Å². The molecule has 0 N–H and O–H groups in total. The van der Waals surface area contributed by atoms with Gasteiger partial charge >= 0.3 is 5.97 Å². The number of rotatable bonds is 4. The fourth-order valence-electron chi connectivity index (χ4n) is 2.06. The van der Waals surface area contributed by atoms with E-state index in [0.717, 1.165) is 24.1 Å². The molecule has 1 fully saturated rings. The molecule has 0 spiro atoms. The molecule has 0 unspecified atom stereocenters. The van der Waals surface area contributed by atoms with Crippen LogP contribution in [0.15, 0.2) is 30.7 Å². The molecule has 0 radical (unpaired) electrons. The van der Waals surface area contributed by atoms with Gasteiger partial charge in [0.1, 0.15) is 0 Å². The van der Waals surface area contributed by atoms with Gasteiger partial charge in [0.05, 0.1) is 17.9 Å². The quantitative estimate of drug-likeness (QED) is 0.798.